The van der Waals surface area contributed by atoms with Crippen LogP contribution in [0.5, 0.6) is 5.75 Å². The van der Waals surface area contributed by atoms with Gasteiger partial charge in [0.2, 0.25) is 0 Å². The van der Waals surface area contributed by atoms with Gasteiger partial charge in [0, 0.05) is 11.6 Å². The van der Waals surface area contributed by atoms with Crippen LogP contribution in [0.15, 0.2) is 30.5 Å². The second-order valence-electron chi connectivity index (χ2n) is 4.76. The van der Waals surface area contributed by atoms with Gasteiger partial charge in [0.05, 0.1) is 17.8 Å². The summed E-state index contributed by atoms with van der Waals surface area (Å²) in [6.07, 6.45) is 4.12. The van der Waals surface area contributed by atoms with E-state index in [1.807, 2.05) is 24.3 Å². The third kappa shape index (κ3) is 2.73. The van der Waals surface area contributed by atoms with Crippen molar-refractivity contribution in [3.05, 3.63) is 30.5 Å². The van der Waals surface area contributed by atoms with E-state index in [2.05, 4.69) is 18.8 Å². The molecule has 1 atom stereocenters. The van der Waals surface area contributed by atoms with Crippen molar-refractivity contribution in [2.24, 2.45) is 5.92 Å². The Morgan fingerprint density at radius 2 is 2.17 bits per heavy atom. The van der Waals surface area contributed by atoms with Crippen molar-refractivity contribution < 1.29 is 4.74 Å². The molecule has 0 saturated carbocycles. The van der Waals surface area contributed by atoms with Gasteiger partial charge in [-0.25, -0.2) is 0 Å². The highest BCUT2D eigenvalue weighted by atomic mass is 16.5. The van der Waals surface area contributed by atoms with Gasteiger partial charge in [0.15, 0.2) is 0 Å². The molecule has 0 saturated heterocycles. The summed E-state index contributed by atoms with van der Waals surface area (Å²) in [7, 11) is 0. The van der Waals surface area contributed by atoms with Gasteiger partial charge in [-0.15, -0.1) is 0 Å². The van der Waals surface area contributed by atoms with Crippen LogP contribution < -0.4 is 10.5 Å². The minimum atomic E-state index is 0.569. The van der Waals surface area contributed by atoms with Gasteiger partial charge in [0.1, 0.15) is 5.75 Å². The minimum Gasteiger partial charge on any atom is -0.493 e. The lowest BCUT2D eigenvalue weighted by Crippen LogP contribution is -2.08. The highest BCUT2D eigenvalue weighted by Gasteiger charge is 2.07. The van der Waals surface area contributed by atoms with Gasteiger partial charge in [0.25, 0.3) is 0 Å². The lowest BCUT2D eigenvalue weighted by atomic mass is 10.1. The lowest BCUT2D eigenvalue weighted by molar-refractivity contribution is 0.254. The Hall–Kier alpha value is -1.77. The van der Waals surface area contributed by atoms with Crippen molar-refractivity contribution in [3.8, 4) is 5.75 Å². The quantitative estimate of drug-likeness (QED) is 0.817. The SMILES string of the molecule is CCCC(C)COc1ccnc2c(N)cccc12. The molecule has 0 amide bonds. The Bertz CT molecular complexity index is 525. The average molecular weight is 244 g/mol. The minimum absolute atomic E-state index is 0.569. The first kappa shape index (κ1) is 12.7. The van der Waals surface area contributed by atoms with Gasteiger partial charge in [-0.05, 0) is 30.5 Å². The summed E-state index contributed by atoms with van der Waals surface area (Å²) in [4.78, 5) is 4.30. The molecule has 2 N–H and O–H groups in total. The molecule has 0 aliphatic carbocycles. The molecule has 0 aliphatic heterocycles. The molecule has 0 fully saturated rings. The highest BCUT2D eigenvalue weighted by Crippen LogP contribution is 2.27. The molecule has 18 heavy (non-hydrogen) atoms. The van der Waals surface area contributed by atoms with Crippen molar-refractivity contribution >= 4 is 16.6 Å². The number of hydrogen-bond acceptors (Lipinski definition) is 3. The molecule has 3 heteroatoms. The van der Waals surface area contributed by atoms with Gasteiger partial charge in [-0.1, -0.05) is 26.3 Å². The number of nitrogens with two attached hydrogens (primary N) is 1. The van der Waals surface area contributed by atoms with Crippen LogP contribution in [-0.2, 0) is 0 Å². The number of anilines is 1. The molecule has 0 aliphatic rings. The lowest BCUT2D eigenvalue weighted by Gasteiger charge is -2.13. The van der Waals surface area contributed by atoms with Crippen LogP contribution in [0.25, 0.3) is 10.9 Å². The van der Waals surface area contributed by atoms with Crippen molar-refractivity contribution in [2.75, 3.05) is 12.3 Å². The fraction of sp³-hybridized carbons (Fsp3) is 0.400. The molecule has 2 rings (SSSR count). The maximum atomic E-state index is 5.91. The number of aromatic nitrogens is 1. The van der Waals surface area contributed by atoms with E-state index in [1.54, 1.807) is 6.20 Å². The van der Waals surface area contributed by atoms with Crippen LogP contribution in [0.4, 0.5) is 5.69 Å². The summed E-state index contributed by atoms with van der Waals surface area (Å²) >= 11 is 0. The average Bonchev–Trinajstić information content (AvgIpc) is 2.37. The van der Waals surface area contributed by atoms with E-state index in [9.17, 15) is 0 Å². The van der Waals surface area contributed by atoms with Crippen LogP contribution in [0.3, 0.4) is 0 Å². The van der Waals surface area contributed by atoms with E-state index in [-0.39, 0.29) is 0 Å². The van der Waals surface area contributed by atoms with Crippen molar-refractivity contribution in [1.82, 2.24) is 4.98 Å². The molecular formula is C15H20N2O. The normalized spacial score (nSPS) is 12.6. The number of pyridine rings is 1. The number of fused-ring (bicyclic) bond motifs is 1. The van der Waals surface area contributed by atoms with E-state index in [0.717, 1.165) is 23.3 Å². The maximum absolute atomic E-state index is 5.91. The van der Waals surface area contributed by atoms with Crippen molar-refractivity contribution in [3.63, 3.8) is 0 Å². The summed E-state index contributed by atoms with van der Waals surface area (Å²) in [6.45, 7) is 5.14. The molecule has 0 spiro atoms. The smallest absolute Gasteiger partial charge is 0.130 e. The van der Waals surface area contributed by atoms with Crippen LogP contribution in [0.2, 0.25) is 0 Å². The fourth-order valence-corrected chi connectivity index (χ4v) is 2.11. The molecule has 0 bridgehead atoms. The Morgan fingerprint density at radius 1 is 1.33 bits per heavy atom. The Labute approximate surface area is 108 Å². The van der Waals surface area contributed by atoms with E-state index in [4.69, 9.17) is 10.5 Å². The van der Waals surface area contributed by atoms with E-state index in [0.29, 0.717) is 11.6 Å². The highest BCUT2D eigenvalue weighted by molar-refractivity contribution is 5.93. The van der Waals surface area contributed by atoms with Crippen LogP contribution >= 0.6 is 0 Å². The monoisotopic (exact) mass is 244 g/mol. The summed E-state index contributed by atoms with van der Waals surface area (Å²) in [5, 5.41) is 0.987. The Morgan fingerprint density at radius 3 is 2.94 bits per heavy atom. The van der Waals surface area contributed by atoms with Gasteiger partial charge in [-0.2, -0.15) is 0 Å². The van der Waals surface area contributed by atoms with Crippen LogP contribution in [0, 0.1) is 5.92 Å². The van der Waals surface area contributed by atoms with Crippen molar-refractivity contribution in [2.45, 2.75) is 26.7 Å². The number of para-hydroxylation sites is 1. The van der Waals surface area contributed by atoms with Crippen LogP contribution in [-0.4, -0.2) is 11.6 Å². The first-order valence-electron chi connectivity index (χ1n) is 6.48. The molecule has 96 valence electrons. The summed E-state index contributed by atoms with van der Waals surface area (Å²) < 4.78 is 5.89. The third-order valence-electron chi connectivity index (χ3n) is 3.07. The zero-order valence-corrected chi connectivity index (χ0v) is 11.0. The van der Waals surface area contributed by atoms with Crippen LogP contribution in [0.1, 0.15) is 26.7 Å². The third-order valence-corrected chi connectivity index (χ3v) is 3.07. The second kappa shape index (κ2) is 5.71. The number of rotatable bonds is 5. The number of nitrogen functional groups attached to an aromatic ring is 1. The molecule has 1 heterocycles. The molecule has 0 radical (unpaired) electrons. The van der Waals surface area contributed by atoms with Gasteiger partial charge in [-0.3, -0.25) is 4.98 Å². The second-order valence-corrected chi connectivity index (χ2v) is 4.76. The maximum Gasteiger partial charge on any atom is 0.130 e. The largest absolute Gasteiger partial charge is 0.493 e. The van der Waals surface area contributed by atoms with Gasteiger partial charge >= 0.3 is 0 Å². The molecule has 1 unspecified atom stereocenters. The van der Waals surface area contributed by atoms with Crippen molar-refractivity contribution in [1.29, 1.82) is 0 Å². The molecular weight excluding hydrogens is 224 g/mol. The van der Waals surface area contributed by atoms with Gasteiger partial charge < -0.3 is 10.5 Å². The number of ether oxygens (including phenoxy) is 1. The Balaban J connectivity index is 2.21. The van der Waals surface area contributed by atoms with E-state index < -0.39 is 0 Å². The van der Waals surface area contributed by atoms with E-state index in [1.165, 1.54) is 12.8 Å². The predicted molar refractivity (Wildman–Crippen MR) is 75.7 cm³/mol. The number of hydrogen-bond donors (Lipinski definition) is 1. The number of nitrogens with zero attached hydrogens (tertiary/aromatic N) is 1. The topological polar surface area (TPSA) is 48.1 Å². The molecule has 1 aromatic heterocycles. The fourth-order valence-electron chi connectivity index (χ4n) is 2.11. The first-order chi connectivity index (χ1) is 8.72. The summed E-state index contributed by atoms with van der Waals surface area (Å²) in [6, 6.07) is 7.69. The van der Waals surface area contributed by atoms with E-state index >= 15 is 0 Å². The molecule has 3 nitrogen and oxygen atoms in total. The number of benzene rings is 1. The standard InChI is InChI=1S/C15H20N2O/c1-3-5-11(2)10-18-14-8-9-17-15-12(14)6-4-7-13(15)16/h4,6-9,11H,3,5,10,16H2,1-2H3. The Kier molecular flexibility index (Phi) is 4.03. The summed E-state index contributed by atoms with van der Waals surface area (Å²) in [5.41, 5.74) is 7.42. The summed E-state index contributed by atoms with van der Waals surface area (Å²) in [5.74, 6) is 1.44. The zero-order chi connectivity index (χ0) is 13.0. The zero-order valence-electron chi connectivity index (χ0n) is 11.0. The molecule has 2 aromatic rings. The molecule has 1 aromatic carbocycles. The first-order valence-corrected chi connectivity index (χ1v) is 6.48. The predicted octanol–water partition coefficient (Wildman–Crippen LogP) is 3.63.